The number of rotatable bonds is 3. The van der Waals surface area contributed by atoms with Gasteiger partial charge in [0.25, 0.3) is 0 Å². The van der Waals surface area contributed by atoms with Crippen LogP contribution in [0.3, 0.4) is 0 Å². The molecule has 0 unspecified atom stereocenters. The monoisotopic (exact) mass is 359 g/mol. The molecule has 1 saturated heterocycles. The van der Waals surface area contributed by atoms with Crippen LogP contribution in [0.25, 0.3) is 0 Å². The van der Waals surface area contributed by atoms with Gasteiger partial charge in [-0.25, -0.2) is 0 Å². The van der Waals surface area contributed by atoms with Crippen LogP contribution in [0, 0.1) is 0 Å². The van der Waals surface area contributed by atoms with Gasteiger partial charge in [-0.2, -0.15) is 0 Å². The van der Waals surface area contributed by atoms with Crippen molar-refractivity contribution in [2.75, 3.05) is 34.9 Å². The van der Waals surface area contributed by atoms with Crippen molar-refractivity contribution in [2.45, 2.75) is 36.6 Å². The van der Waals surface area contributed by atoms with E-state index in [2.05, 4.69) is 11.9 Å². The Morgan fingerprint density at radius 3 is 2.54 bits per heavy atom. The first-order valence-electron chi connectivity index (χ1n) is 8.92. The van der Waals surface area contributed by atoms with Crippen molar-refractivity contribution >= 4 is 5.78 Å². The summed E-state index contributed by atoms with van der Waals surface area (Å²) in [4.78, 5) is 15.3. The molecule has 0 saturated carbocycles. The highest BCUT2D eigenvalue weighted by atomic mass is 16.5. The van der Waals surface area contributed by atoms with E-state index in [9.17, 15) is 9.90 Å². The summed E-state index contributed by atoms with van der Waals surface area (Å²) in [6.07, 6.45) is 2.82. The van der Waals surface area contributed by atoms with Gasteiger partial charge in [0.2, 0.25) is 11.5 Å². The molecule has 1 aliphatic heterocycles. The molecule has 0 amide bonds. The smallest absolute Gasteiger partial charge is 0.201 e. The molecular formula is C20H25NO5. The second-order valence-electron chi connectivity index (χ2n) is 7.46. The highest BCUT2D eigenvalue weighted by molar-refractivity contribution is 5.97. The van der Waals surface area contributed by atoms with Crippen molar-refractivity contribution in [1.82, 2.24) is 4.90 Å². The molecule has 1 N–H and O–H groups in total. The summed E-state index contributed by atoms with van der Waals surface area (Å²) in [7, 11) is 6.78. The number of hydrogen-bond donors (Lipinski definition) is 1. The molecule has 6 nitrogen and oxygen atoms in total. The second-order valence-corrected chi connectivity index (χ2v) is 7.46. The average Bonchev–Trinajstić information content (AvgIpc) is 2.93. The molecule has 0 spiro atoms. The van der Waals surface area contributed by atoms with Gasteiger partial charge in [-0.3, -0.25) is 9.69 Å². The number of phenolic OH excluding ortho intramolecular Hbond substituents is 1. The maximum absolute atomic E-state index is 13.0. The number of ether oxygens (including phenoxy) is 3. The zero-order valence-electron chi connectivity index (χ0n) is 15.7. The fourth-order valence-electron chi connectivity index (χ4n) is 5.62. The standard InChI is InChI=1S/C20H25NO5/c1-21-8-7-19-11-15(23)17(25-3)18(26-4)20(19,21)6-5-12-9-14(22)16(24-2)10-13(12)19/h9-10,22H,5-8,11H2,1-4H3/t19-,20+/m0/s1. The third-order valence-corrected chi connectivity index (χ3v) is 6.70. The lowest BCUT2D eigenvalue weighted by atomic mass is 9.54. The molecule has 1 fully saturated rings. The fraction of sp³-hybridized carbons (Fsp3) is 0.550. The van der Waals surface area contributed by atoms with Crippen LogP contribution >= 0.6 is 0 Å². The lowest BCUT2D eigenvalue weighted by molar-refractivity contribution is -0.124. The molecule has 0 radical (unpaired) electrons. The molecule has 0 aromatic heterocycles. The fourth-order valence-corrected chi connectivity index (χ4v) is 5.62. The zero-order valence-corrected chi connectivity index (χ0v) is 15.7. The molecule has 2 atom stereocenters. The van der Waals surface area contributed by atoms with E-state index < -0.39 is 11.0 Å². The molecule has 1 aromatic carbocycles. The number of ketones is 1. The predicted octanol–water partition coefficient (Wildman–Crippen LogP) is 2.14. The van der Waals surface area contributed by atoms with Crippen LogP contribution in [-0.2, 0) is 26.1 Å². The molecule has 26 heavy (non-hydrogen) atoms. The summed E-state index contributed by atoms with van der Waals surface area (Å²) in [5.74, 6) is 1.52. The number of carbonyl (C=O) groups excluding carboxylic acids is 1. The molecule has 140 valence electrons. The van der Waals surface area contributed by atoms with E-state index in [4.69, 9.17) is 14.2 Å². The van der Waals surface area contributed by atoms with Gasteiger partial charge < -0.3 is 19.3 Å². The minimum absolute atomic E-state index is 0.0323. The summed E-state index contributed by atoms with van der Waals surface area (Å²) >= 11 is 0. The quantitative estimate of drug-likeness (QED) is 0.892. The van der Waals surface area contributed by atoms with Crippen LogP contribution in [0.4, 0.5) is 0 Å². The van der Waals surface area contributed by atoms with Crippen LogP contribution in [-0.4, -0.2) is 56.3 Å². The number of aromatic hydroxyl groups is 1. The van der Waals surface area contributed by atoms with Gasteiger partial charge in [-0.15, -0.1) is 0 Å². The third-order valence-electron chi connectivity index (χ3n) is 6.70. The summed E-state index contributed by atoms with van der Waals surface area (Å²) in [5.41, 5.74) is 1.34. The number of likely N-dealkylation sites (tertiary alicyclic amines) is 1. The highest BCUT2D eigenvalue weighted by Gasteiger charge is 2.67. The van der Waals surface area contributed by atoms with E-state index in [1.165, 1.54) is 7.11 Å². The number of nitrogens with zero attached hydrogens (tertiary/aromatic N) is 1. The SMILES string of the molecule is COC1=C(OC)[C@]23CCc4cc(O)c(OC)cc4[C@]2(CCN3C)CC1=O. The minimum Gasteiger partial charge on any atom is -0.504 e. The number of aryl methyl sites for hydroxylation is 1. The second kappa shape index (κ2) is 5.64. The maximum Gasteiger partial charge on any atom is 0.201 e. The van der Waals surface area contributed by atoms with E-state index in [1.807, 2.05) is 6.07 Å². The van der Waals surface area contributed by atoms with E-state index in [0.717, 1.165) is 36.9 Å². The van der Waals surface area contributed by atoms with Gasteiger partial charge in [-0.05, 0) is 56.1 Å². The summed E-state index contributed by atoms with van der Waals surface area (Å²) in [6, 6.07) is 3.70. The van der Waals surface area contributed by atoms with Crippen molar-refractivity contribution in [1.29, 1.82) is 0 Å². The Morgan fingerprint density at radius 1 is 1.12 bits per heavy atom. The van der Waals surface area contributed by atoms with Crippen LogP contribution in [0.5, 0.6) is 11.5 Å². The molecule has 1 heterocycles. The van der Waals surface area contributed by atoms with Gasteiger partial charge in [0.15, 0.2) is 17.3 Å². The van der Waals surface area contributed by atoms with Gasteiger partial charge in [0, 0.05) is 11.8 Å². The van der Waals surface area contributed by atoms with Crippen LogP contribution < -0.4 is 4.74 Å². The Bertz CT molecular complexity index is 817. The van der Waals surface area contributed by atoms with Gasteiger partial charge in [0.1, 0.15) is 0 Å². The summed E-state index contributed by atoms with van der Waals surface area (Å²) in [5, 5.41) is 10.2. The van der Waals surface area contributed by atoms with Gasteiger partial charge >= 0.3 is 0 Å². The Labute approximate surface area is 153 Å². The lowest BCUT2D eigenvalue weighted by Gasteiger charge is -2.55. The Balaban J connectivity index is 2.04. The van der Waals surface area contributed by atoms with E-state index in [1.54, 1.807) is 20.3 Å². The van der Waals surface area contributed by atoms with Crippen molar-refractivity contribution in [3.05, 3.63) is 34.8 Å². The molecule has 0 bridgehead atoms. The lowest BCUT2D eigenvalue weighted by Crippen LogP contribution is -2.62. The van der Waals surface area contributed by atoms with Crippen LogP contribution in [0.1, 0.15) is 30.4 Å². The predicted molar refractivity (Wildman–Crippen MR) is 95.3 cm³/mol. The number of methoxy groups -OCH3 is 3. The Hall–Kier alpha value is -2.21. The van der Waals surface area contributed by atoms with Crippen molar-refractivity contribution in [2.24, 2.45) is 0 Å². The average molecular weight is 359 g/mol. The highest BCUT2D eigenvalue weighted by Crippen LogP contribution is 2.62. The molecule has 4 rings (SSSR count). The van der Waals surface area contributed by atoms with E-state index in [-0.39, 0.29) is 11.5 Å². The van der Waals surface area contributed by atoms with Gasteiger partial charge in [-0.1, -0.05) is 0 Å². The number of allylic oxidation sites excluding steroid dienone is 1. The van der Waals surface area contributed by atoms with Crippen molar-refractivity contribution in [3.8, 4) is 11.5 Å². The Kier molecular flexibility index (Phi) is 3.74. The number of likely N-dealkylation sites (N-methyl/N-ethyl adjacent to an activating group) is 1. The maximum atomic E-state index is 13.0. The number of phenols is 1. The number of fused-ring (bicyclic) bond motifs is 1. The number of hydrogen-bond acceptors (Lipinski definition) is 6. The zero-order chi connectivity index (χ0) is 18.7. The van der Waals surface area contributed by atoms with Crippen molar-refractivity contribution in [3.63, 3.8) is 0 Å². The Morgan fingerprint density at radius 2 is 1.88 bits per heavy atom. The first-order valence-corrected chi connectivity index (χ1v) is 8.92. The van der Waals surface area contributed by atoms with Crippen LogP contribution in [0.2, 0.25) is 0 Å². The molecule has 3 aliphatic rings. The molecule has 6 heteroatoms. The first kappa shape index (κ1) is 17.2. The first-order chi connectivity index (χ1) is 12.4. The number of benzene rings is 1. The normalized spacial score (nSPS) is 30.5. The minimum atomic E-state index is -0.421. The number of Topliss-reactive ketones (excluding diaryl/α,β-unsaturated/α-hetero) is 1. The van der Waals surface area contributed by atoms with E-state index in [0.29, 0.717) is 23.7 Å². The molecule has 1 aromatic rings. The summed E-state index contributed by atoms with van der Waals surface area (Å²) < 4.78 is 16.6. The van der Waals surface area contributed by atoms with Gasteiger partial charge in [0.05, 0.1) is 26.9 Å². The largest absolute Gasteiger partial charge is 0.504 e. The topological polar surface area (TPSA) is 68.2 Å². The van der Waals surface area contributed by atoms with E-state index >= 15 is 0 Å². The van der Waals surface area contributed by atoms with Crippen molar-refractivity contribution < 1.29 is 24.1 Å². The molecule has 2 aliphatic carbocycles. The third kappa shape index (κ3) is 1.83. The number of carbonyl (C=O) groups is 1. The molecular weight excluding hydrogens is 334 g/mol. The van der Waals surface area contributed by atoms with Crippen LogP contribution in [0.15, 0.2) is 23.7 Å². The summed E-state index contributed by atoms with van der Waals surface area (Å²) in [6.45, 7) is 0.861.